The first kappa shape index (κ1) is 16.9. The van der Waals surface area contributed by atoms with Gasteiger partial charge in [0.05, 0.1) is 5.75 Å². The fraction of sp³-hybridized carbons (Fsp3) is 1.00. The lowest BCUT2D eigenvalue weighted by atomic mass is 10.0. The van der Waals surface area contributed by atoms with Gasteiger partial charge in [0.1, 0.15) is 9.84 Å². The molecule has 0 rings (SSSR count). The van der Waals surface area contributed by atoms with Crippen LogP contribution in [0.15, 0.2) is 0 Å². The van der Waals surface area contributed by atoms with Crippen molar-refractivity contribution in [2.45, 2.75) is 33.2 Å². The highest BCUT2D eigenvalue weighted by atomic mass is 32.2. The van der Waals surface area contributed by atoms with Crippen molar-refractivity contribution < 1.29 is 8.42 Å². The molecule has 0 aromatic heterocycles. The Balaban J connectivity index is 3.97. The van der Waals surface area contributed by atoms with E-state index < -0.39 is 9.84 Å². The summed E-state index contributed by atoms with van der Waals surface area (Å²) >= 11 is 0. The number of sulfone groups is 1. The molecule has 0 saturated carbocycles. The van der Waals surface area contributed by atoms with Gasteiger partial charge in [0.2, 0.25) is 0 Å². The standard InChI is InChI=1S/C12H28N2O2S/c1-6-7-13-10-11(2)12(3)14(4)8-9-17(5,15)16/h11-13H,6-10H2,1-5H3. The third kappa shape index (κ3) is 8.57. The largest absolute Gasteiger partial charge is 0.316 e. The SMILES string of the molecule is CCCNCC(C)C(C)N(C)CCS(C)(=O)=O. The molecule has 4 nitrogen and oxygen atoms in total. The highest BCUT2D eigenvalue weighted by Crippen LogP contribution is 2.08. The molecule has 0 aromatic rings. The number of nitrogens with one attached hydrogen (secondary N) is 1. The van der Waals surface area contributed by atoms with Crippen LogP contribution in [0.5, 0.6) is 0 Å². The zero-order valence-electron chi connectivity index (χ0n) is 11.9. The van der Waals surface area contributed by atoms with Crippen LogP contribution in [0.1, 0.15) is 27.2 Å². The summed E-state index contributed by atoms with van der Waals surface area (Å²) in [5.74, 6) is 0.759. The van der Waals surface area contributed by atoms with E-state index in [1.807, 2.05) is 7.05 Å². The summed E-state index contributed by atoms with van der Waals surface area (Å²) < 4.78 is 22.2. The van der Waals surface area contributed by atoms with Crippen LogP contribution in [-0.2, 0) is 9.84 Å². The van der Waals surface area contributed by atoms with Crippen molar-refractivity contribution in [1.82, 2.24) is 10.2 Å². The Hall–Kier alpha value is -0.130. The lowest BCUT2D eigenvalue weighted by Gasteiger charge is -2.29. The van der Waals surface area contributed by atoms with Gasteiger partial charge >= 0.3 is 0 Å². The molecule has 0 bridgehead atoms. The van der Waals surface area contributed by atoms with Crippen molar-refractivity contribution in [2.75, 3.05) is 38.7 Å². The summed E-state index contributed by atoms with van der Waals surface area (Å²) in [6.45, 7) is 9.14. The lowest BCUT2D eigenvalue weighted by Crippen LogP contribution is -2.41. The molecule has 0 heterocycles. The number of hydrogen-bond acceptors (Lipinski definition) is 4. The molecule has 0 amide bonds. The Kier molecular flexibility index (Phi) is 8.00. The molecular formula is C12H28N2O2S. The molecule has 0 aliphatic heterocycles. The van der Waals surface area contributed by atoms with Crippen LogP contribution < -0.4 is 5.32 Å². The Morgan fingerprint density at radius 2 is 1.88 bits per heavy atom. The molecule has 5 heteroatoms. The minimum absolute atomic E-state index is 0.239. The smallest absolute Gasteiger partial charge is 0.148 e. The predicted octanol–water partition coefficient (Wildman–Crippen LogP) is 0.987. The Labute approximate surface area is 107 Å². The van der Waals surface area contributed by atoms with Crippen molar-refractivity contribution in [3.8, 4) is 0 Å². The molecule has 2 atom stereocenters. The van der Waals surface area contributed by atoms with Gasteiger partial charge in [-0.15, -0.1) is 0 Å². The first-order chi connectivity index (χ1) is 7.78. The number of rotatable bonds is 9. The third-order valence-corrected chi connectivity index (χ3v) is 4.15. The van der Waals surface area contributed by atoms with E-state index in [0.29, 0.717) is 18.5 Å². The Morgan fingerprint density at radius 3 is 2.35 bits per heavy atom. The third-order valence-electron chi connectivity index (χ3n) is 3.23. The second-order valence-corrected chi connectivity index (χ2v) is 7.29. The van der Waals surface area contributed by atoms with Gasteiger partial charge in [-0.05, 0) is 39.4 Å². The summed E-state index contributed by atoms with van der Waals surface area (Å²) in [6, 6.07) is 0.390. The average molecular weight is 264 g/mol. The van der Waals surface area contributed by atoms with Crippen LogP contribution in [0.4, 0.5) is 0 Å². The van der Waals surface area contributed by atoms with Crippen LogP contribution in [0.2, 0.25) is 0 Å². The van der Waals surface area contributed by atoms with Crippen LogP contribution in [0.3, 0.4) is 0 Å². The molecule has 0 saturated heterocycles. The number of nitrogens with zero attached hydrogens (tertiary/aromatic N) is 1. The first-order valence-electron chi connectivity index (χ1n) is 6.36. The molecule has 0 aromatic carbocycles. The quantitative estimate of drug-likeness (QED) is 0.631. The van der Waals surface area contributed by atoms with Gasteiger partial charge in [-0.1, -0.05) is 13.8 Å². The van der Waals surface area contributed by atoms with E-state index in [0.717, 1.165) is 19.5 Å². The van der Waals surface area contributed by atoms with E-state index in [2.05, 4.69) is 31.0 Å². The summed E-state index contributed by atoms with van der Waals surface area (Å²) in [4.78, 5) is 2.12. The normalized spacial score (nSPS) is 16.1. The molecule has 0 spiro atoms. The van der Waals surface area contributed by atoms with E-state index in [4.69, 9.17) is 0 Å². The van der Waals surface area contributed by atoms with Gasteiger partial charge < -0.3 is 10.2 Å². The lowest BCUT2D eigenvalue weighted by molar-refractivity contribution is 0.206. The molecular weight excluding hydrogens is 236 g/mol. The highest BCUT2D eigenvalue weighted by Gasteiger charge is 2.17. The summed E-state index contributed by atoms with van der Waals surface area (Å²) in [6.07, 6.45) is 2.43. The van der Waals surface area contributed by atoms with Gasteiger partial charge in [-0.3, -0.25) is 0 Å². The van der Waals surface area contributed by atoms with Crippen LogP contribution >= 0.6 is 0 Å². The van der Waals surface area contributed by atoms with Crippen LogP contribution in [0.25, 0.3) is 0 Å². The Bertz CT molecular complexity index is 291. The van der Waals surface area contributed by atoms with Crippen molar-refractivity contribution in [3.63, 3.8) is 0 Å². The van der Waals surface area contributed by atoms with E-state index in [9.17, 15) is 8.42 Å². The van der Waals surface area contributed by atoms with Gasteiger partial charge in [-0.25, -0.2) is 8.42 Å². The first-order valence-corrected chi connectivity index (χ1v) is 8.42. The van der Waals surface area contributed by atoms with Crippen molar-refractivity contribution >= 4 is 9.84 Å². The summed E-state index contributed by atoms with van der Waals surface area (Å²) in [5.41, 5.74) is 0. The van der Waals surface area contributed by atoms with Crippen molar-refractivity contribution in [1.29, 1.82) is 0 Å². The molecule has 1 N–H and O–H groups in total. The van der Waals surface area contributed by atoms with Gasteiger partial charge in [0.15, 0.2) is 0 Å². The summed E-state index contributed by atoms with van der Waals surface area (Å²) in [7, 11) is -0.864. The van der Waals surface area contributed by atoms with Crippen LogP contribution in [-0.4, -0.2) is 58.1 Å². The van der Waals surface area contributed by atoms with Crippen LogP contribution in [0, 0.1) is 5.92 Å². The molecule has 0 radical (unpaired) electrons. The fourth-order valence-electron chi connectivity index (χ4n) is 1.62. The number of hydrogen-bond donors (Lipinski definition) is 1. The minimum Gasteiger partial charge on any atom is -0.316 e. The van der Waals surface area contributed by atoms with Gasteiger partial charge in [-0.2, -0.15) is 0 Å². The molecule has 0 aliphatic rings. The Morgan fingerprint density at radius 1 is 1.29 bits per heavy atom. The average Bonchev–Trinajstić information content (AvgIpc) is 2.24. The molecule has 17 heavy (non-hydrogen) atoms. The molecule has 0 fully saturated rings. The molecule has 104 valence electrons. The second kappa shape index (κ2) is 8.06. The maximum absolute atomic E-state index is 11.1. The topological polar surface area (TPSA) is 49.4 Å². The van der Waals surface area contributed by atoms with E-state index in [1.54, 1.807) is 0 Å². The second-order valence-electron chi connectivity index (χ2n) is 5.03. The van der Waals surface area contributed by atoms with Gasteiger partial charge in [0.25, 0.3) is 0 Å². The van der Waals surface area contributed by atoms with Crippen molar-refractivity contribution in [2.24, 2.45) is 5.92 Å². The van der Waals surface area contributed by atoms with Crippen molar-refractivity contribution in [3.05, 3.63) is 0 Å². The van der Waals surface area contributed by atoms with E-state index in [-0.39, 0.29) is 5.75 Å². The molecule has 2 unspecified atom stereocenters. The zero-order chi connectivity index (χ0) is 13.5. The zero-order valence-corrected chi connectivity index (χ0v) is 12.7. The monoisotopic (exact) mass is 264 g/mol. The fourth-order valence-corrected chi connectivity index (χ4v) is 2.24. The van der Waals surface area contributed by atoms with E-state index in [1.165, 1.54) is 6.26 Å². The summed E-state index contributed by atoms with van der Waals surface area (Å²) in [5, 5.41) is 3.40. The minimum atomic E-state index is -2.86. The highest BCUT2D eigenvalue weighted by molar-refractivity contribution is 7.90. The maximum Gasteiger partial charge on any atom is 0.148 e. The molecule has 0 aliphatic carbocycles. The maximum atomic E-state index is 11.1. The van der Waals surface area contributed by atoms with Gasteiger partial charge in [0, 0.05) is 18.8 Å². The predicted molar refractivity (Wildman–Crippen MR) is 74.1 cm³/mol. The van der Waals surface area contributed by atoms with E-state index >= 15 is 0 Å².